The maximum Gasteiger partial charge on any atom is 0.236 e. The van der Waals surface area contributed by atoms with Crippen LogP contribution in [0.25, 0.3) is 0 Å². The Balaban J connectivity index is 1.12. The van der Waals surface area contributed by atoms with Crippen LogP contribution in [0, 0.1) is 17.8 Å². The van der Waals surface area contributed by atoms with Crippen molar-refractivity contribution in [2.75, 3.05) is 57.9 Å². The second-order valence-corrected chi connectivity index (χ2v) is 10.3. The first-order chi connectivity index (χ1) is 17.0. The molecule has 35 heavy (non-hydrogen) atoms. The maximum atomic E-state index is 13.3. The van der Waals surface area contributed by atoms with Crippen LogP contribution < -0.4 is 9.64 Å². The number of imide groups is 1. The van der Waals surface area contributed by atoms with Crippen LogP contribution in [0.15, 0.2) is 24.3 Å². The van der Waals surface area contributed by atoms with Gasteiger partial charge in [0.2, 0.25) is 11.8 Å². The number of hydrogen-bond acceptors (Lipinski definition) is 7. The Labute approximate surface area is 207 Å². The first kappa shape index (κ1) is 24.3. The molecule has 6 rings (SSSR count). The van der Waals surface area contributed by atoms with Crippen molar-refractivity contribution < 1.29 is 23.9 Å². The third-order valence-electron chi connectivity index (χ3n) is 8.54. The number of likely N-dealkylation sites (tertiary alicyclic amines) is 1. The van der Waals surface area contributed by atoms with Crippen LogP contribution in [0.3, 0.4) is 0 Å². The van der Waals surface area contributed by atoms with E-state index < -0.39 is 17.4 Å². The average molecular weight is 484 g/mol. The molecule has 8 nitrogen and oxygen atoms in total. The molecular weight excluding hydrogens is 446 g/mol. The number of amides is 2. The van der Waals surface area contributed by atoms with Gasteiger partial charge in [0.1, 0.15) is 11.5 Å². The summed E-state index contributed by atoms with van der Waals surface area (Å²) < 4.78 is 11.5. The van der Waals surface area contributed by atoms with E-state index in [0.717, 1.165) is 57.0 Å². The monoisotopic (exact) mass is 483 g/mol. The van der Waals surface area contributed by atoms with Crippen LogP contribution >= 0.6 is 0 Å². The van der Waals surface area contributed by atoms with E-state index in [9.17, 15) is 14.4 Å². The molecule has 3 saturated carbocycles. The van der Waals surface area contributed by atoms with Gasteiger partial charge in [0, 0.05) is 51.7 Å². The molecular formula is C27H37N3O5. The van der Waals surface area contributed by atoms with Crippen molar-refractivity contribution in [1.82, 2.24) is 9.80 Å². The fraction of sp³-hybridized carbons (Fsp3) is 0.667. The number of Topliss-reactive ketones (excluding diaryl/α,β-unsaturated/α-hetero) is 1. The number of benzene rings is 1. The zero-order valence-electron chi connectivity index (χ0n) is 20.9. The van der Waals surface area contributed by atoms with Crippen LogP contribution in [0.5, 0.6) is 5.75 Å². The first-order valence-corrected chi connectivity index (χ1v) is 13.1. The summed E-state index contributed by atoms with van der Waals surface area (Å²) >= 11 is 0. The predicted octanol–water partition coefficient (Wildman–Crippen LogP) is 2.36. The van der Waals surface area contributed by atoms with Crippen molar-refractivity contribution in [2.45, 2.75) is 44.6 Å². The molecule has 190 valence electrons. The lowest BCUT2D eigenvalue weighted by Gasteiger charge is -2.50. The number of fused-ring (bicyclic) bond motifs is 2. The molecule has 0 aromatic heterocycles. The Bertz CT molecular complexity index is 971. The molecule has 1 aromatic carbocycles. The quantitative estimate of drug-likeness (QED) is 0.394. The highest BCUT2D eigenvalue weighted by Crippen LogP contribution is 2.55. The van der Waals surface area contributed by atoms with Gasteiger partial charge in [-0.1, -0.05) is 12.1 Å². The smallest absolute Gasteiger partial charge is 0.236 e. The fourth-order valence-electron chi connectivity index (χ4n) is 6.86. The van der Waals surface area contributed by atoms with Crippen LogP contribution in [0.4, 0.5) is 5.69 Å². The molecule has 2 amide bonds. The lowest BCUT2D eigenvalue weighted by atomic mass is 9.56. The van der Waals surface area contributed by atoms with E-state index in [2.05, 4.69) is 15.9 Å². The Morgan fingerprint density at radius 3 is 2.46 bits per heavy atom. The van der Waals surface area contributed by atoms with E-state index in [1.165, 1.54) is 4.90 Å². The number of hydrogen-bond donors (Lipinski definition) is 0. The SMILES string of the molecule is CCO[C@]12CC[C@H](C(=O)C1)[C@H]1C(=O)N(CCCCN3CCN(c4ccccc4OC)CC3)C(=O)[C@H]12. The molecule has 0 radical (unpaired) electrons. The number of piperazine rings is 1. The fourth-order valence-corrected chi connectivity index (χ4v) is 6.86. The molecule has 0 unspecified atom stereocenters. The number of ketones is 1. The van der Waals surface area contributed by atoms with E-state index in [1.807, 2.05) is 25.1 Å². The van der Waals surface area contributed by atoms with Gasteiger partial charge in [-0.2, -0.15) is 0 Å². The topological polar surface area (TPSA) is 79.4 Å². The average Bonchev–Trinajstić information content (AvgIpc) is 3.14. The Morgan fingerprint density at radius 1 is 1.00 bits per heavy atom. The van der Waals surface area contributed by atoms with Crippen LogP contribution in [-0.4, -0.2) is 86.0 Å². The van der Waals surface area contributed by atoms with E-state index in [1.54, 1.807) is 7.11 Å². The second kappa shape index (κ2) is 9.90. The van der Waals surface area contributed by atoms with Gasteiger partial charge in [0.15, 0.2) is 0 Å². The molecule has 3 aliphatic carbocycles. The summed E-state index contributed by atoms with van der Waals surface area (Å²) in [6, 6.07) is 8.13. The second-order valence-electron chi connectivity index (χ2n) is 10.3. The third kappa shape index (κ3) is 4.25. The lowest BCUT2D eigenvalue weighted by molar-refractivity contribution is -0.180. The summed E-state index contributed by atoms with van der Waals surface area (Å²) in [5.41, 5.74) is 0.368. The summed E-state index contributed by atoms with van der Waals surface area (Å²) in [5, 5.41) is 0. The van der Waals surface area contributed by atoms with Gasteiger partial charge in [-0.3, -0.25) is 24.2 Å². The Morgan fingerprint density at radius 2 is 1.74 bits per heavy atom. The van der Waals surface area contributed by atoms with Crippen LogP contribution in [0.2, 0.25) is 0 Å². The molecule has 2 saturated heterocycles. The van der Waals surface area contributed by atoms with E-state index in [0.29, 0.717) is 26.0 Å². The maximum absolute atomic E-state index is 13.3. The number of para-hydroxylation sites is 2. The molecule has 2 bridgehead atoms. The molecule has 2 aliphatic heterocycles. The first-order valence-electron chi connectivity index (χ1n) is 13.1. The van der Waals surface area contributed by atoms with Gasteiger partial charge in [-0.05, 0) is 51.3 Å². The van der Waals surface area contributed by atoms with Gasteiger partial charge >= 0.3 is 0 Å². The van der Waals surface area contributed by atoms with E-state index in [4.69, 9.17) is 9.47 Å². The summed E-state index contributed by atoms with van der Waals surface area (Å²) in [6.07, 6.45) is 3.35. The lowest BCUT2D eigenvalue weighted by Crippen LogP contribution is -2.59. The summed E-state index contributed by atoms with van der Waals surface area (Å²) in [7, 11) is 1.71. The van der Waals surface area contributed by atoms with Crippen molar-refractivity contribution in [1.29, 1.82) is 0 Å². The minimum Gasteiger partial charge on any atom is -0.495 e. The van der Waals surface area contributed by atoms with Crippen LogP contribution in [-0.2, 0) is 19.1 Å². The highest BCUT2D eigenvalue weighted by Gasteiger charge is 2.67. The number of carbonyl (C=O) groups is 3. The normalized spacial score (nSPS) is 30.8. The number of anilines is 1. The zero-order chi connectivity index (χ0) is 24.6. The van der Waals surface area contributed by atoms with Crippen molar-refractivity contribution in [3.05, 3.63) is 24.3 Å². The number of methoxy groups -OCH3 is 1. The van der Waals surface area contributed by atoms with Gasteiger partial charge in [-0.25, -0.2) is 0 Å². The molecule has 2 heterocycles. The number of unbranched alkanes of at least 4 members (excludes halogenated alkanes) is 1. The molecule has 5 aliphatic rings. The van der Waals surface area contributed by atoms with E-state index in [-0.39, 0.29) is 29.9 Å². The standard InChI is InChI=1S/C27H37N3O5/c1-3-35-27-11-10-19(21(31)18-27)23-24(27)26(33)30(25(23)32)13-7-6-12-28-14-16-29(17-15-28)20-8-4-5-9-22(20)34-2/h4-5,8-9,19,23-24H,3,6-7,10-18H2,1-2H3/t19-,23-,24+,27-/m1/s1. The van der Waals surface area contributed by atoms with Crippen molar-refractivity contribution >= 4 is 23.3 Å². The highest BCUT2D eigenvalue weighted by atomic mass is 16.5. The van der Waals surface area contributed by atoms with Crippen molar-refractivity contribution in [3.63, 3.8) is 0 Å². The Kier molecular flexibility index (Phi) is 6.86. The van der Waals surface area contributed by atoms with Crippen molar-refractivity contribution in [3.8, 4) is 5.75 Å². The van der Waals surface area contributed by atoms with Gasteiger partial charge in [0.25, 0.3) is 0 Å². The Hall–Kier alpha value is -2.45. The molecule has 1 aromatic rings. The molecule has 0 N–H and O–H groups in total. The van der Waals surface area contributed by atoms with Gasteiger partial charge in [-0.15, -0.1) is 0 Å². The minimum atomic E-state index is -0.770. The summed E-state index contributed by atoms with van der Waals surface area (Å²) in [6.45, 7) is 7.58. The summed E-state index contributed by atoms with van der Waals surface area (Å²) in [5.74, 6) is -0.544. The van der Waals surface area contributed by atoms with E-state index >= 15 is 0 Å². The van der Waals surface area contributed by atoms with Gasteiger partial charge < -0.3 is 14.4 Å². The molecule has 5 fully saturated rings. The van der Waals surface area contributed by atoms with Crippen molar-refractivity contribution in [2.24, 2.45) is 17.8 Å². The molecule has 0 spiro atoms. The summed E-state index contributed by atoms with van der Waals surface area (Å²) in [4.78, 5) is 45.5. The zero-order valence-corrected chi connectivity index (χ0v) is 20.9. The molecule has 8 heteroatoms. The third-order valence-corrected chi connectivity index (χ3v) is 8.54. The predicted molar refractivity (Wildman–Crippen MR) is 131 cm³/mol. The number of rotatable bonds is 9. The minimum absolute atomic E-state index is 0.0983. The highest BCUT2D eigenvalue weighted by molar-refractivity contribution is 6.09. The van der Waals surface area contributed by atoms with Gasteiger partial charge in [0.05, 0.1) is 30.2 Å². The largest absolute Gasteiger partial charge is 0.495 e. The molecule has 4 atom stereocenters. The number of ether oxygens (including phenoxy) is 2. The number of carbonyl (C=O) groups excluding carboxylic acids is 3. The number of nitrogens with zero attached hydrogens (tertiary/aromatic N) is 3. The van der Waals surface area contributed by atoms with Crippen LogP contribution in [0.1, 0.15) is 39.0 Å².